The molecule has 0 spiro atoms. The Balaban J connectivity index is 1.48. The van der Waals surface area contributed by atoms with Crippen molar-refractivity contribution in [2.75, 3.05) is 31.1 Å². The van der Waals surface area contributed by atoms with Crippen LogP contribution in [0.5, 0.6) is 0 Å². The van der Waals surface area contributed by atoms with Crippen LogP contribution in [0.1, 0.15) is 23.0 Å². The number of H-pyrrole nitrogens is 1. The van der Waals surface area contributed by atoms with Crippen LogP contribution in [-0.4, -0.2) is 41.0 Å². The quantitative estimate of drug-likeness (QED) is 0.528. The minimum atomic E-state index is -0.192. The van der Waals surface area contributed by atoms with Crippen molar-refractivity contribution in [1.29, 1.82) is 0 Å². The number of fused-ring (bicyclic) bond motifs is 1. The summed E-state index contributed by atoms with van der Waals surface area (Å²) in [4.78, 5) is 13.1. The van der Waals surface area contributed by atoms with Crippen molar-refractivity contribution in [2.45, 2.75) is 13.0 Å². The fraction of sp³-hybridized carbons (Fsp3) is 0.240. The fourth-order valence-electron chi connectivity index (χ4n) is 4.60. The predicted molar refractivity (Wildman–Crippen MR) is 119 cm³/mol. The molecule has 30 heavy (non-hydrogen) atoms. The second-order valence-corrected chi connectivity index (χ2v) is 7.87. The topological polar surface area (TPSA) is 35.2 Å². The van der Waals surface area contributed by atoms with Crippen LogP contribution in [-0.2, 0) is 0 Å². The first kappa shape index (κ1) is 18.8. The average Bonchev–Trinajstić information content (AvgIpc) is 3.12. The minimum Gasteiger partial charge on any atom is -0.369 e. The molecule has 1 saturated heterocycles. The zero-order chi connectivity index (χ0) is 20.5. The third kappa shape index (κ3) is 3.46. The number of halogens is 1. The predicted octanol–water partition coefficient (Wildman–Crippen LogP) is 4.92. The van der Waals surface area contributed by atoms with Crippen molar-refractivity contribution in [2.24, 2.45) is 0 Å². The molecule has 152 valence electrons. The molecule has 0 aliphatic carbocycles. The van der Waals surface area contributed by atoms with Crippen molar-refractivity contribution < 1.29 is 4.39 Å². The lowest BCUT2D eigenvalue weighted by Gasteiger charge is -2.40. The second kappa shape index (κ2) is 7.92. The molecule has 0 amide bonds. The number of hydrogen-bond donors (Lipinski definition) is 1. The molecule has 4 aromatic rings. The van der Waals surface area contributed by atoms with Gasteiger partial charge in [-0.15, -0.1) is 0 Å². The summed E-state index contributed by atoms with van der Waals surface area (Å²) in [7, 11) is 0. The molecule has 5 rings (SSSR count). The number of nitrogens with zero attached hydrogens (tertiary/aromatic N) is 3. The number of aromatic nitrogens is 2. The van der Waals surface area contributed by atoms with E-state index in [4.69, 9.17) is 4.98 Å². The van der Waals surface area contributed by atoms with Gasteiger partial charge in [0.1, 0.15) is 5.82 Å². The van der Waals surface area contributed by atoms with Crippen LogP contribution in [0.4, 0.5) is 10.1 Å². The van der Waals surface area contributed by atoms with Crippen molar-refractivity contribution >= 4 is 16.6 Å². The third-order valence-corrected chi connectivity index (χ3v) is 6.06. The van der Waals surface area contributed by atoms with Crippen molar-refractivity contribution in [3.63, 3.8) is 0 Å². The smallest absolute Gasteiger partial charge is 0.123 e. The zero-order valence-corrected chi connectivity index (χ0v) is 17.1. The Morgan fingerprint density at radius 2 is 1.63 bits per heavy atom. The fourth-order valence-corrected chi connectivity index (χ4v) is 4.60. The zero-order valence-electron chi connectivity index (χ0n) is 17.1. The number of rotatable bonds is 4. The maximum Gasteiger partial charge on any atom is 0.123 e. The Labute approximate surface area is 176 Å². The lowest BCUT2D eigenvalue weighted by Crippen LogP contribution is -2.48. The maximum atomic E-state index is 13.3. The molecule has 1 unspecified atom stereocenters. The van der Waals surface area contributed by atoms with Crippen LogP contribution in [0, 0.1) is 12.7 Å². The molecule has 4 nitrogen and oxygen atoms in total. The first-order valence-electron chi connectivity index (χ1n) is 10.4. The summed E-state index contributed by atoms with van der Waals surface area (Å²) in [5, 5.41) is 1.26. The van der Waals surface area contributed by atoms with Crippen molar-refractivity contribution in [3.8, 4) is 0 Å². The van der Waals surface area contributed by atoms with Crippen LogP contribution in [0.2, 0.25) is 0 Å². The molecule has 1 aliphatic rings. The van der Waals surface area contributed by atoms with E-state index >= 15 is 0 Å². The molecule has 2 aromatic carbocycles. The highest BCUT2D eigenvalue weighted by atomic mass is 19.1. The third-order valence-electron chi connectivity index (χ3n) is 6.06. The molecule has 0 radical (unpaired) electrons. The molecule has 2 aromatic heterocycles. The van der Waals surface area contributed by atoms with Gasteiger partial charge < -0.3 is 9.88 Å². The van der Waals surface area contributed by atoms with Crippen LogP contribution >= 0.6 is 0 Å². The van der Waals surface area contributed by atoms with E-state index in [2.05, 4.69) is 58.1 Å². The van der Waals surface area contributed by atoms with Gasteiger partial charge in [0.25, 0.3) is 0 Å². The summed E-state index contributed by atoms with van der Waals surface area (Å²) in [6.45, 7) is 5.78. The first-order chi connectivity index (χ1) is 14.7. The number of aryl methyl sites for hydroxylation is 1. The molecule has 1 fully saturated rings. The average molecular weight is 401 g/mol. The van der Waals surface area contributed by atoms with E-state index in [0.29, 0.717) is 0 Å². The number of anilines is 1. The van der Waals surface area contributed by atoms with Gasteiger partial charge >= 0.3 is 0 Å². The van der Waals surface area contributed by atoms with Gasteiger partial charge in [-0.1, -0.05) is 24.3 Å². The monoisotopic (exact) mass is 400 g/mol. The maximum absolute atomic E-state index is 13.3. The summed E-state index contributed by atoms with van der Waals surface area (Å²) in [6.07, 6.45) is 1.88. The molecule has 0 bridgehead atoms. The summed E-state index contributed by atoms with van der Waals surface area (Å²) >= 11 is 0. The van der Waals surface area contributed by atoms with E-state index < -0.39 is 0 Å². The number of nitrogens with one attached hydrogen (secondary N) is 1. The highest BCUT2D eigenvalue weighted by Gasteiger charge is 2.30. The lowest BCUT2D eigenvalue weighted by atomic mass is 9.97. The highest BCUT2D eigenvalue weighted by molar-refractivity contribution is 5.85. The largest absolute Gasteiger partial charge is 0.369 e. The summed E-state index contributed by atoms with van der Waals surface area (Å²) in [6, 6.07) is 21.5. The van der Waals surface area contributed by atoms with Crippen LogP contribution in [0.15, 0.2) is 72.9 Å². The second-order valence-electron chi connectivity index (χ2n) is 7.87. The van der Waals surface area contributed by atoms with Crippen molar-refractivity contribution in [3.05, 3.63) is 95.7 Å². The van der Waals surface area contributed by atoms with E-state index in [1.807, 2.05) is 24.4 Å². The first-order valence-corrected chi connectivity index (χ1v) is 10.4. The summed E-state index contributed by atoms with van der Waals surface area (Å²) < 4.78 is 13.3. The minimum absolute atomic E-state index is 0.0951. The van der Waals surface area contributed by atoms with Crippen LogP contribution < -0.4 is 4.90 Å². The van der Waals surface area contributed by atoms with Crippen LogP contribution in [0.25, 0.3) is 10.9 Å². The molecule has 1 atom stereocenters. The van der Waals surface area contributed by atoms with Gasteiger partial charge in [-0.05, 0) is 49.4 Å². The van der Waals surface area contributed by atoms with E-state index in [1.165, 1.54) is 28.8 Å². The molecule has 3 heterocycles. The Kier molecular flexibility index (Phi) is 4.97. The molecular formula is C25H25FN4. The van der Waals surface area contributed by atoms with Gasteiger partial charge in [-0.3, -0.25) is 9.88 Å². The van der Waals surface area contributed by atoms with Gasteiger partial charge in [0, 0.05) is 60.2 Å². The molecule has 1 N–H and O–H groups in total. The van der Waals surface area contributed by atoms with Gasteiger partial charge in [-0.25, -0.2) is 4.39 Å². The number of pyridine rings is 1. The lowest BCUT2D eigenvalue weighted by molar-refractivity contribution is 0.209. The highest BCUT2D eigenvalue weighted by Crippen LogP contribution is 2.36. The number of piperazine rings is 1. The summed E-state index contributed by atoms with van der Waals surface area (Å²) in [5.41, 5.74) is 5.80. The molecule has 0 saturated carbocycles. The Hall–Kier alpha value is -3.18. The normalized spacial score (nSPS) is 16.1. The van der Waals surface area contributed by atoms with E-state index in [0.717, 1.165) is 43.1 Å². The van der Waals surface area contributed by atoms with E-state index in [-0.39, 0.29) is 11.9 Å². The Bertz CT molecular complexity index is 1130. The van der Waals surface area contributed by atoms with Crippen molar-refractivity contribution in [1.82, 2.24) is 14.9 Å². The SMILES string of the molecule is Cc1[nH]c2ccccc2c1C(c1ccccn1)N1CCN(c2ccc(F)cc2)CC1. The number of para-hydroxylation sites is 1. The summed E-state index contributed by atoms with van der Waals surface area (Å²) in [5.74, 6) is -0.192. The Morgan fingerprint density at radius 1 is 0.900 bits per heavy atom. The van der Waals surface area contributed by atoms with E-state index in [9.17, 15) is 4.39 Å². The van der Waals surface area contributed by atoms with E-state index in [1.54, 1.807) is 0 Å². The molecular weight excluding hydrogens is 375 g/mol. The standard InChI is InChI=1S/C25H25FN4/c1-18-24(21-6-2-3-7-22(21)28-18)25(23-8-4-5-13-27-23)30-16-14-29(15-17-30)20-11-9-19(26)10-12-20/h2-13,25,28H,14-17H2,1H3. The van der Waals surface area contributed by atoms with Crippen LogP contribution in [0.3, 0.4) is 0 Å². The number of aromatic amines is 1. The molecule has 5 heteroatoms. The molecule has 1 aliphatic heterocycles. The number of benzene rings is 2. The van der Waals surface area contributed by atoms with Gasteiger partial charge in [-0.2, -0.15) is 0 Å². The van der Waals surface area contributed by atoms with Gasteiger partial charge in [0.15, 0.2) is 0 Å². The van der Waals surface area contributed by atoms with Gasteiger partial charge in [0.05, 0.1) is 11.7 Å². The van der Waals surface area contributed by atoms with Gasteiger partial charge in [0.2, 0.25) is 0 Å². The number of hydrogen-bond acceptors (Lipinski definition) is 3. The Morgan fingerprint density at radius 3 is 2.37 bits per heavy atom.